The number of imidazole rings is 1. The van der Waals surface area contributed by atoms with Crippen molar-refractivity contribution in [3.8, 4) is 0 Å². The number of nitrogens with one attached hydrogen (secondary N) is 1. The minimum absolute atomic E-state index is 0.0293. The first-order chi connectivity index (χ1) is 13.7. The maximum atomic E-state index is 13.0. The quantitative estimate of drug-likeness (QED) is 0.517. The maximum Gasteiger partial charge on any atom is 0.275 e. The number of ether oxygens (including phenoxy) is 2. The van der Waals surface area contributed by atoms with Crippen molar-refractivity contribution in [1.82, 2.24) is 14.5 Å². The van der Waals surface area contributed by atoms with Crippen LogP contribution in [0.4, 0.5) is 5.82 Å². The third-order valence-corrected chi connectivity index (χ3v) is 5.13. The van der Waals surface area contributed by atoms with Crippen LogP contribution in [0.1, 0.15) is 56.4 Å². The second-order valence-corrected chi connectivity index (χ2v) is 7.20. The minimum Gasteiger partial charge on any atom is -0.353 e. The van der Waals surface area contributed by atoms with Gasteiger partial charge in [0.05, 0.1) is 19.6 Å². The van der Waals surface area contributed by atoms with Gasteiger partial charge in [-0.15, -0.1) is 0 Å². The van der Waals surface area contributed by atoms with E-state index >= 15 is 0 Å². The molecule has 3 heterocycles. The Morgan fingerprint density at radius 3 is 3.11 bits per heavy atom. The van der Waals surface area contributed by atoms with Gasteiger partial charge in [-0.3, -0.25) is 4.79 Å². The van der Waals surface area contributed by atoms with E-state index in [9.17, 15) is 4.79 Å². The Balaban J connectivity index is 1.55. The van der Waals surface area contributed by atoms with E-state index in [0.717, 1.165) is 38.7 Å². The van der Waals surface area contributed by atoms with E-state index in [-0.39, 0.29) is 12.2 Å². The van der Waals surface area contributed by atoms with Crippen LogP contribution >= 0.6 is 0 Å². The van der Waals surface area contributed by atoms with Crippen LogP contribution in [0.15, 0.2) is 30.1 Å². The molecule has 0 saturated carbocycles. The Kier molecular flexibility index (Phi) is 7.68. The lowest BCUT2D eigenvalue weighted by molar-refractivity contribution is -0.162. The van der Waals surface area contributed by atoms with Crippen molar-refractivity contribution in [3.05, 3.63) is 35.8 Å². The molecule has 1 amide bonds. The molecule has 1 aromatic heterocycles. The summed E-state index contributed by atoms with van der Waals surface area (Å²) in [4.78, 5) is 19.2. The number of allylic oxidation sites excluding steroid dienone is 4. The molecule has 0 radical (unpaired) electrons. The van der Waals surface area contributed by atoms with Gasteiger partial charge in [0.2, 0.25) is 0 Å². The Bertz CT molecular complexity index is 705. The number of hydrogen-bond acceptors (Lipinski definition) is 5. The molecule has 0 aromatic carbocycles. The number of nitrogens with zero attached hydrogens (tertiary/aromatic N) is 3. The standard InChI is InChI=1S/C21H32N4O3/c1-3-5-9-17(4-2)14-25-16-23-20-19(25)21(26)24(15-22-20)11-8-13-28-18-10-6-7-12-27-18/h3,5,9,16,18,22H,4,6-8,10-15H2,1-2H3/b5-3-,17-9+. The summed E-state index contributed by atoms with van der Waals surface area (Å²) in [6.07, 6.45) is 12.8. The van der Waals surface area contributed by atoms with Crippen molar-refractivity contribution >= 4 is 11.7 Å². The summed E-state index contributed by atoms with van der Waals surface area (Å²) in [6, 6.07) is 0. The zero-order chi connectivity index (χ0) is 19.8. The van der Waals surface area contributed by atoms with E-state index < -0.39 is 0 Å². The zero-order valence-corrected chi connectivity index (χ0v) is 17.0. The Morgan fingerprint density at radius 1 is 1.46 bits per heavy atom. The SMILES string of the molecule is C/C=C\C=C(/CC)Cn1cnc2c1C(=O)N(CCCOC1CCCCO1)CN2. The van der Waals surface area contributed by atoms with Crippen LogP contribution in [0.2, 0.25) is 0 Å². The topological polar surface area (TPSA) is 68.6 Å². The summed E-state index contributed by atoms with van der Waals surface area (Å²) in [5, 5.41) is 3.26. The second-order valence-electron chi connectivity index (χ2n) is 7.20. The van der Waals surface area contributed by atoms with E-state index in [2.05, 4.69) is 23.3 Å². The molecule has 1 N–H and O–H groups in total. The molecule has 2 aliphatic heterocycles. The molecule has 1 unspecified atom stereocenters. The third kappa shape index (κ3) is 5.23. The second kappa shape index (κ2) is 10.4. The van der Waals surface area contributed by atoms with Crippen molar-refractivity contribution in [3.63, 3.8) is 0 Å². The van der Waals surface area contributed by atoms with E-state index in [1.807, 2.05) is 28.5 Å². The molecule has 154 valence electrons. The number of carbonyl (C=O) groups excluding carboxylic acids is 1. The van der Waals surface area contributed by atoms with Gasteiger partial charge in [0, 0.05) is 19.7 Å². The highest BCUT2D eigenvalue weighted by Gasteiger charge is 2.28. The molecule has 0 bridgehead atoms. The average molecular weight is 389 g/mol. The number of aromatic nitrogens is 2. The molecule has 2 aliphatic rings. The largest absolute Gasteiger partial charge is 0.353 e. The van der Waals surface area contributed by atoms with Crippen molar-refractivity contribution in [1.29, 1.82) is 0 Å². The lowest BCUT2D eigenvalue weighted by Gasteiger charge is -2.29. The highest BCUT2D eigenvalue weighted by Crippen LogP contribution is 2.22. The van der Waals surface area contributed by atoms with Gasteiger partial charge in [-0.2, -0.15) is 0 Å². The van der Waals surface area contributed by atoms with Gasteiger partial charge < -0.3 is 24.3 Å². The van der Waals surface area contributed by atoms with Gasteiger partial charge in [0.15, 0.2) is 17.8 Å². The average Bonchev–Trinajstić information content (AvgIpc) is 3.14. The maximum absolute atomic E-state index is 13.0. The fourth-order valence-corrected chi connectivity index (χ4v) is 3.47. The number of anilines is 1. The van der Waals surface area contributed by atoms with Gasteiger partial charge in [-0.25, -0.2) is 4.98 Å². The van der Waals surface area contributed by atoms with Crippen molar-refractivity contribution < 1.29 is 14.3 Å². The van der Waals surface area contributed by atoms with E-state index in [1.165, 1.54) is 5.57 Å². The molecule has 0 aliphatic carbocycles. The van der Waals surface area contributed by atoms with Gasteiger partial charge in [0.1, 0.15) is 0 Å². The van der Waals surface area contributed by atoms with Crippen molar-refractivity contribution in [2.75, 3.05) is 31.7 Å². The summed E-state index contributed by atoms with van der Waals surface area (Å²) >= 11 is 0. The van der Waals surface area contributed by atoms with E-state index in [4.69, 9.17) is 9.47 Å². The number of carbonyl (C=O) groups is 1. The van der Waals surface area contributed by atoms with Crippen molar-refractivity contribution in [2.45, 2.75) is 58.8 Å². The van der Waals surface area contributed by atoms with E-state index in [1.54, 1.807) is 6.33 Å². The van der Waals surface area contributed by atoms with Crippen LogP contribution in [0, 0.1) is 0 Å². The summed E-state index contributed by atoms with van der Waals surface area (Å²) in [7, 11) is 0. The van der Waals surface area contributed by atoms with Crippen LogP contribution in [0.25, 0.3) is 0 Å². The summed E-state index contributed by atoms with van der Waals surface area (Å²) in [5.41, 5.74) is 1.90. The first-order valence-electron chi connectivity index (χ1n) is 10.3. The van der Waals surface area contributed by atoms with Crippen LogP contribution < -0.4 is 5.32 Å². The van der Waals surface area contributed by atoms with Crippen LogP contribution in [0.5, 0.6) is 0 Å². The number of fused-ring (bicyclic) bond motifs is 1. The lowest BCUT2D eigenvalue weighted by atomic mass is 10.1. The Labute approximate surface area is 167 Å². The summed E-state index contributed by atoms with van der Waals surface area (Å²) in [6.45, 7) is 7.32. The third-order valence-electron chi connectivity index (χ3n) is 5.13. The lowest BCUT2D eigenvalue weighted by Crippen LogP contribution is -2.42. The van der Waals surface area contributed by atoms with Crippen LogP contribution in [0.3, 0.4) is 0 Å². The fraction of sp³-hybridized carbons (Fsp3) is 0.619. The predicted molar refractivity (Wildman–Crippen MR) is 109 cm³/mol. The molecule has 1 atom stereocenters. The first-order valence-corrected chi connectivity index (χ1v) is 10.3. The number of rotatable bonds is 9. The molecular formula is C21H32N4O3. The highest BCUT2D eigenvalue weighted by atomic mass is 16.7. The van der Waals surface area contributed by atoms with Gasteiger partial charge in [-0.05, 0) is 39.0 Å². The van der Waals surface area contributed by atoms with Crippen LogP contribution in [-0.2, 0) is 16.0 Å². The molecule has 1 fully saturated rings. The molecule has 7 heteroatoms. The Morgan fingerprint density at radius 2 is 2.36 bits per heavy atom. The molecule has 28 heavy (non-hydrogen) atoms. The van der Waals surface area contributed by atoms with Gasteiger partial charge in [-0.1, -0.05) is 30.7 Å². The summed E-state index contributed by atoms with van der Waals surface area (Å²) in [5.74, 6) is 0.705. The molecule has 3 rings (SSSR count). The van der Waals surface area contributed by atoms with Gasteiger partial charge in [0.25, 0.3) is 5.91 Å². The molecule has 1 aromatic rings. The molecule has 1 saturated heterocycles. The normalized spacial score (nSPS) is 20.5. The minimum atomic E-state index is -0.0756. The smallest absolute Gasteiger partial charge is 0.275 e. The monoisotopic (exact) mass is 388 g/mol. The first kappa shape index (κ1) is 20.6. The highest BCUT2D eigenvalue weighted by molar-refractivity contribution is 5.98. The summed E-state index contributed by atoms with van der Waals surface area (Å²) < 4.78 is 13.3. The number of hydrogen-bond donors (Lipinski definition) is 1. The van der Waals surface area contributed by atoms with Gasteiger partial charge >= 0.3 is 0 Å². The van der Waals surface area contributed by atoms with Crippen molar-refractivity contribution in [2.24, 2.45) is 0 Å². The fourth-order valence-electron chi connectivity index (χ4n) is 3.47. The zero-order valence-electron chi connectivity index (χ0n) is 17.0. The molecule has 7 nitrogen and oxygen atoms in total. The van der Waals surface area contributed by atoms with E-state index in [0.29, 0.717) is 37.9 Å². The number of amides is 1. The molecule has 0 spiro atoms. The predicted octanol–water partition coefficient (Wildman–Crippen LogP) is 3.55. The van der Waals surface area contributed by atoms with Crippen LogP contribution in [-0.4, -0.2) is 53.1 Å². The Hall–Kier alpha value is -2.12. The molecular weight excluding hydrogens is 356 g/mol.